The van der Waals surface area contributed by atoms with Crippen molar-refractivity contribution in [1.82, 2.24) is 4.57 Å². The molecule has 1 aliphatic carbocycles. The van der Waals surface area contributed by atoms with Gasteiger partial charge in [0, 0.05) is 18.4 Å². The maximum Gasteiger partial charge on any atom is 0.341 e. The average molecular weight is 422 g/mol. The van der Waals surface area contributed by atoms with Crippen molar-refractivity contribution in [2.75, 3.05) is 0 Å². The number of carboxylic acids is 1. The summed E-state index contributed by atoms with van der Waals surface area (Å²) in [5.41, 5.74) is 1.61. The zero-order chi connectivity index (χ0) is 23.2. The van der Waals surface area contributed by atoms with Crippen LogP contribution in [0.1, 0.15) is 66.4 Å². The molecule has 1 aromatic carbocycles. The van der Waals surface area contributed by atoms with Gasteiger partial charge >= 0.3 is 5.97 Å². The lowest BCUT2D eigenvalue weighted by atomic mass is 9.81. The SMILES string of the molecule is C=C/C=C(\C=C)c1ccc(Cn2cc(C(=O)O)c(=O)c3c2CCCC3(C)O)cc1.CC. The van der Waals surface area contributed by atoms with Crippen molar-refractivity contribution in [3.05, 3.63) is 100 Å². The molecule has 0 bridgehead atoms. The van der Waals surface area contributed by atoms with Crippen LogP contribution in [0, 0.1) is 0 Å². The molecule has 5 nitrogen and oxygen atoms in total. The van der Waals surface area contributed by atoms with E-state index in [0.29, 0.717) is 25.1 Å². The van der Waals surface area contributed by atoms with Gasteiger partial charge < -0.3 is 14.8 Å². The highest BCUT2D eigenvalue weighted by atomic mass is 16.4. The zero-order valence-electron chi connectivity index (χ0n) is 18.5. The molecule has 31 heavy (non-hydrogen) atoms. The lowest BCUT2D eigenvalue weighted by molar-refractivity contribution is 0.0357. The first-order valence-corrected chi connectivity index (χ1v) is 10.6. The Balaban J connectivity index is 0.00000166. The van der Waals surface area contributed by atoms with Crippen LogP contribution in [0.25, 0.3) is 5.57 Å². The minimum absolute atomic E-state index is 0.211. The minimum atomic E-state index is -1.32. The van der Waals surface area contributed by atoms with E-state index >= 15 is 0 Å². The fourth-order valence-corrected chi connectivity index (χ4v) is 3.95. The molecule has 1 aliphatic rings. The minimum Gasteiger partial charge on any atom is -0.477 e. The van der Waals surface area contributed by atoms with E-state index in [9.17, 15) is 19.8 Å². The van der Waals surface area contributed by atoms with Gasteiger partial charge in [0.05, 0.1) is 11.2 Å². The monoisotopic (exact) mass is 421 g/mol. The first kappa shape index (κ1) is 24.1. The summed E-state index contributed by atoms with van der Waals surface area (Å²) >= 11 is 0. The Hall–Kier alpha value is -3.18. The second-order valence-corrected chi connectivity index (χ2v) is 7.51. The summed E-state index contributed by atoms with van der Waals surface area (Å²) in [5, 5.41) is 20.2. The number of rotatable bonds is 6. The topological polar surface area (TPSA) is 79.5 Å². The maximum atomic E-state index is 12.7. The number of hydrogen-bond acceptors (Lipinski definition) is 3. The van der Waals surface area contributed by atoms with Gasteiger partial charge in [-0.05, 0) is 42.9 Å². The summed E-state index contributed by atoms with van der Waals surface area (Å²) in [5.74, 6) is -1.28. The molecule has 0 spiro atoms. The van der Waals surface area contributed by atoms with Gasteiger partial charge in [-0.15, -0.1) is 0 Å². The van der Waals surface area contributed by atoms with Gasteiger partial charge in [-0.3, -0.25) is 4.79 Å². The van der Waals surface area contributed by atoms with E-state index < -0.39 is 17.0 Å². The van der Waals surface area contributed by atoms with Crippen molar-refractivity contribution >= 4 is 11.5 Å². The van der Waals surface area contributed by atoms with Crippen molar-refractivity contribution in [2.24, 2.45) is 0 Å². The zero-order valence-corrected chi connectivity index (χ0v) is 18.5. The van der Waals surface area contributed by atoms with Crippen molar-refractivity contribution in [2.45, 2.75) is 52.2 Å². The highest BCUT2D eigenvalue weighted by Crippen LogP contribution is 2.33. The normalized spacial score (nSPS) is 17.7. The molecule has 0 radical (unpaired) electrons. The summed E-state index contributed by atoms with van der Waals surface area (Å²) in [4.78, 5) is 24.3. The van der Waals surface area contributed by atoms with E-state index in [1.807, 2.05) is 44.2 Å². The summed E-state index contributed by atoms with van der Waals surface area (Å²) < 4.78 is 1.79. The number of benzene rings is 1. The van der Waals surface area contributed by atoms with Gasteiger partial charge in [-0.2, -0.15) is 0 Å². The molecule has 2 aromatic rings. The van der Waals surface area contributed by atoms with Gasteiger partial charge in [0.2, 0.25) is 5.43 Å². The number of nitrogens with zero attached hydrogens (tertiary/aromatic N) is 1. The number of aliphatic hydroxyl groups is 1. The molecule has 3 rings (SSSR count). The first-order chi connectivity index (χ1) is 14.8. The first-order valence-electron chi connectivity index (χ1n) is 10.6. The van der Waals surface area contributed by atoms with Crippen LogP contribution in [0.4, 0.5) is 0 Å². The predicted molar refractivity (Wildman–Crippen MR) is 125 cm³/mol. The number of hydrogen-bond donors (Lipinski definition) is 2. The van der Waals surface area contributed by atoms with Gasteiger partial charge in [0.1, 0.15) is 5.56 Å². The van der Waals surface area contributed by atoms with Crippen LogP contribution in [0.15, 0.2) is 66.6 Å². The standard InChI is InChI=1S/C24H25NO4.C2H6/c1-4-7-17(5-2)18-11-9-16(10-12-18)14-25-15-19(23(27)28)22(26)21-20(25)8-6-13-24(21,3)29;1-2/h4-5,7,9-12,15,29H,1-2,6,8,13-14H2,3H3,(H,27,28);1-2H3/b17-7+;. The molecule has 1 aromatic heterocycles. The van der Waals surface area contributed by atoms with Gasteiger partial charge in [-0.1, -0.05) is 69.5 Å². The molecule has 5 heteroatoms. The average Bonchev–Trinajstić information content (AvgIpc) is 2.75. The van der Waals surface area contributed by atoms with E-state index in [1.54, 1.807) is 23.6 Å². The van der Waals surface area contributed by atoms with Crippen molar-refractivity contribution < 1.29 is 15.0 Å². The summed E-state index contributed by atoms with van der Waals surface area (Å²) in [7, 11) is 0. The molecule has 0 fully saturated rings. The number of allylic oxidation sites excluding steroid dienone is 4. The lowest BCUT2D eigenvalue weighted by Gasteiger charge is -2.32. The maximum absolute atomic E-state index is 12.7. The molecule has 0 saturated heterocycles. The van der Waals surface area contributed by atoms with E-state index in [1.165, 1.54) is 6.20 Å². The third kappa shape index (κ3) is 5.12. The molecule has 1 unspecified atom stereocenters. The Kier molecular flexibility index (Phi) is 7.95. The third-order valence-corrected chi connectivity index (χ3v) is 5.40. The Morgan fingerprint density at radius 1 is 1.23 bits per heavy atom. The number of aromatic carboxylic acids is 1. The second kappa shape index (κ2) is 10.2. The van der Waals surface area contributed by atoms with Crippen LogP contribution in [0.5, 0.6) is 0 Å². The molecular formula is C26H31NO4. The molecule has 1 heterocycles. The predicted octanol–water partition coefficient (Wildman–Crippen LogP) is 4.92. The molecular weight excluding hydrogens is 390 g/mol. The van der Waals surface area contributed by atoms with Crippen molar-refractivity contribution in [1.29, 1.82) is 0 Å². The molecule has 0 amide bonds. The number of aromatic nitrogens is 1. The Morgan fingerprint density at radius 2 is 1.87 bits per heavy atom. The van der Waals surface area contributed by atoms with E-state index in [-0.39, 0.29) is 11.1 Å². The number of pyridine rings is 1. The number of fused-ring (bicyclic) bond motifs is 1. The van der Waals surface area contributed by atoms with E-state index in [4.69, 9.17) is 0 Å². The Labute approximate surface area is 183 Å². The molecule has 164 valence electrons. The van der Waals surface area contributed by atoms with Crippen LogP contribution in [0.3, 0.4) is 0 Å². The van der Waals surface area contributed by atoms with Gasteiger partial charge in [-0.25, -0.2) is 4.79 Å². The molecule has 0 aliphatic heterocycles. The van der Waals surface area contributed by atoms with E-state index in [0.717, 1.165) is 23.1 Å². The van der Waals surface area contributed by atoms with Crippen LogP contribution in [-0.4, -0.2) is 20.7 Å². The quantitative estimate of drug-likeness (QED) is 0.649. The van der Waals surface area contributed by atoms with Crippen LogP contribution in [0.2, 0.25) is 0 Å². The second-order valence-electron chi connectivity index (χ2n) is 7.51. The van der Waals surface area contributed by atoms with Crippen LogP contribution in [-0.2, 0) is 18.6 Å². The largest absolute Gasteiger partial charge is 0.477 e. The number of carboxylic acid groups (broad SMARTS) is 1. The highest BCUT2D eigenvalue weighted by Gasteiger charge is 2.35. The molecule has 2 N–H and O–H groups in total. The fraction of sp³-hybridized carbons (Fsp3) is 0.308. The Morgan fingerprint density at radius 3 is 2.42 bits per heavy atom. The summed E-state index contributed by atoms with van der Waals surface area (Å²) in [6.45, 7) is 13.5. The highest BCUT2D eigenvalue weighted by molar-refractivity contribution is 5.87. The van der Waals surface area contributed by atoms with Crippen molar-refractivity contribution in [3.8, 4) is 0 Å². The van der Waals surface area contributed by atoms with Crippen LogP contribution < -0.4 is 5.43 Å². The summed E-state index contributed by atoms with van der Waals surface area (Å²) in [6.07, 6.45) is 8.54. The fourth-order valence-electron chi connectivity index (χ4n) is 3.95. The van der Waals surface area contributed by atoms with Gasteiger partial charge in [0.25, 0.3) is 0 Å². The Bertz CT molecular complexity index is 1060. The smallest absolute Gasteiger partial charge is 0.341 e. The van der Waals surface area contributed by atoms with E-state index in [2.05, 4.69) is 13.2 Å². The third-order valence-electron chi connectivity index (χ3n) is 5.40. The summed E-state index contributed by atoms with van der Waals surface area (Å²) in [6, 6.07) is 7.86. The van der Waals surface area contributed by atoms with Gasteiger partial charge in [0.15, 0.2) is 0 Å². The molecule has 0 saturated carbocycles. The number of carbonyl (C=O) groups is 1. The molecule has 1 atom stereocenters. The van der Waals surface area contributed by atoms with Crippen LogP contribution >= 0.6 is 0 Å². The van der Waals surface area contributed by atoms with Crippen molar-refractivity contribution in [3.63, 3.8) is 0 Å². The lowest BCUT2D eigenvalue weighted by Crippen LogP contribution is -2.38.